The van der Waals surface area contributed by atoms with Gasteiger partial charge in [-0.25, -0.2) is 0 Å². The third-order valence-corrected chi connectivity index (χ3v) is 4.04. The molecule has 0 aromatic carbocycles. The highest BCUT2D eigenvalue weighted by molar-refractivity contribution is 5.93. The van der Waals surface area contributed by atoms with Crippen molar-refractivity contribution in [3.63, 3.8) is 0 Å². The maximum absolute atomic E-state index is 12.6. The molecule has 2 heterocycles. The van der Waals surface area contributed by atoms with Gasteiger partial charge in [-0.15, -0.1) is 0 Å². The number of hydrogen-bond donors (Lipinski definition) is 0. The Kier molecular flexibility index (Phi) is 3.35. The van der Waals surface area contributed by atoms with Crippen molar-refractivity contribution < 1.29 is 13.9 Å². The molecule has 1 saturated carbocycles. The molecule has 1 aromatic rings. The van der Waals surface area contributed by atoms with Crippen LogP contribution < -0.4 is 0 Å². The number of morpholine rings is 1. The monoisotopic (exact) mass is 263 g/mol. The van der Waals surface area contributed by atoms with Crippen molar-refractivity contribution in [2.75, 3.05) is 19.7 Å². The normalized spacial score (nSPS) is 23.9. The first-order chi connectivity index (χ1) is 9.16. The van der Waals surface area contributed by atoms with E-state index in [9.17, 15) is 4.79 Å². The number of carbonyl (C=O) groups excluding carboxylic acids is 1. The molecule has 0 N–H and O–H groups in total. The average molecular weight is 263 g/mol. The zero-order valence-electron chi connectivity index (χ0n) is 11.6. The summed E-state index contributed by atoms with van der Waals surface area (Å²) in [5, 5.41) is 0. The second-order valence-electron chi connectivity index (χ2n) is 5.86. The molecule has 104 valence electrons. The summed E-state index contributed by atoms with van der Waals surface area (Å²) in [6.07, 6.45) is 4.33. The van der Waals surface area contributed by atoms with Gasteiger partial charge in [0, 0.05) is 18.7 Å². The van der Waals surface area contributed by atoms with Gasteiger partial charge >= 0.3 is 0 Å². The lowest BCUT2D eigenvalue weighted by Gasteiger charge is -2.32. The quantitative estimate of drug-likeness (QED) is 0.842. The minimum atomic E-state index is 0.0163. The Hall–Kier alpha value is -1.29. The van der Waals surface area contributed by atoms with Crippen LogP contribution in [0.4, 0.5) is 0 Å². The van der Waals surface area contributed by atoms with Gasteiger partial charge in [-0.2, -0.15) is 0 Å². The molecule has 1 aliphatic heterocycles. The van der Waals surface area contributed by atoms with Crippen LogP contribution in [0, 0.1) is 5.92 Å². The molecule has 4 heteroatoms. The molecule has 1 unspecified atom stereocenters. The molecule has 2 fully saturated rings. The summed E-state index contributed by atoms with van der Waals surface area (Å²) in [6.45, 7) is 6.18. The summed E-state index contributed by atoms with van der Waals surface area (Å²) in [7, 11) is 0. The Balaban J connectivity index is 1.73. The highest BCUT2D eigenvalue weighted by Crippen LogP contribution is 2.36. The van der Waals surface area contributed by atoms with E-state index in [0.29, 0.717) is 37.3 Å². The van der Waals surface area contributed by atoms with Crippen LogP contribution in [0.25, 0.3) is 0 Å². The Bertz CT molecular complexity index is 462. The van der Waals surface area contributed by atoms with Crippen LogP contribution in [-0.2, 0) is 4.74 Å². The van der Waals surface area contributed by atoms with Gasteiger partial charge in [-0.05, 0) is 30.7 Å². The second-order valence-corrected chi connectivity index (χ2v) is 5.86. The largest absolute Gasteiger partial charge is 0.459 e. The van der Waals surface area contributed by atoms with E-state index in [1.807, 2.05) is 11.0 Å². The summed E-state index contributed by atoms with van der Waals surface area (Å²) in [4.78, 5) is 14.4. The molecule has 1 atom stereocenters. The Morgan fingerprint density at radius 2 is 2.21 bits per heavy atom. The van der Waals surface area contributed by atoms with Gasteiger partial charge in [0.05, 0.1) is 19.0 Å². The van der Waals surface area contributed by atoms with Crippen molar-refractivity contribution in [3.05, 3.63) is 23.7 Å². The Labute approximate surface area is 113 Å². The fourth-order valence-corrected chi connectivity index (χ4v) is 2.70. The van der Waals surface area contributed by atoms with Crippen LogP contribution >= 0.6 is 0 Å². The Morgan fingerprint density at radius 3 is 2.89 bits per heavy atom. The topological polar surface area (TPSA) is 42.7 Å². The number of hydrogen-bond acceptors (Lipinski definition) is 3. The molecule has 0 spiro atoms. The molecule has 0 bridgehead atoms. The van der Waals surface area contributed by atoms with Crippen LogP contribution in [0.2, 0.25) is 0 Å². The highest BCUT2D eigenvalue weighted by Gasteiger charge is 2.37. The van der Waals surface area contributed by atoms with Gasteiger partial charge in [0.1, 0.15) is 0 Å². The molecule has 1 amide bonds. The third kappa shape index (κ3) is 2.54. The molecule has 3 rings (SSSR count). The first-order valence-corrected chi connectivity index (χ1v) is 7.15. The summed E-state index contributed by atoms with van der Waals surface area (Å²) >= 11 is 0. The van der Waals surface area contributed by atoms with E-state index < -0.39 is 0 Å². The van der Waals surface area contributed by atoms with Crippen molar-refractivity contribution in [1.82, 2.24) is 4.90 Å². The maximum atomic E-state index is 12.6. The van der Waals surface area contributed by atoms with Gasteiger partial charge in [0.15, 0.2) is 5.76 Å². The van der Waals surface area contributed by atoms with Crippen LogP contribution in [0.3, 0.4) is 0 Å². The molecule has 4 nitrogen and oxygen atoms in total. The van der Waals surface area contributed by atoms with E-state index >= 15 is 0 Å². The summed E-state index contributed by atoms with van der Waals surface area (Å²) < 4.78 is 11.2. The number of nitrogens with zero attached hydrogens (tertiary/aromatic N) is 1. The van der Waals surface area contributed by atoms with Crippen LogP contribution in [-0.4, -0.2) is 36.6 Å². The SMILES string of the molecule is CC(C)c1ccoc1C(=O)N1CCOC(C2CC2)C1. The molecular formula is C15H21NO3. The van der Waals surface area contributed by atoms with Crippen molar-refractivity contribution in [1.29, 1.82) is 0 Å². The van der Waals surface area contributed by atoms with E-state index in [1.54, 1.807) is 6.26 Å². The predicted molar refractivity (Wildman–Crippen MR) is 71.2 cm³/mol. The van der Waals surface area contributed by atoms with Crippen LogP contribution in [0.15, 0.2) is 16.7 Å². The van der Waals surface area contributed by atoms with Crippen LogP contribution in [0.1, 0.15) is 48.7 Å². The predicted octanol–water partition coefficient (Wildman–Crippen LogP) is 2.65. The van der Waals surface area contributed by atoms with Crippen molar-refractivity contribution in [2.24, 2.45) is 5.92 Å². The Morgan fingerprint density at radius 1 is 1.42 bits per heavy atom. The summed E-state index contributed by atoms with van der Waals surface area (Å²) in [5.74, 6) is 1.49. The zero-order chi connectivity index (χ0) is 13.4. The average Bonchev–Trinajstić information content (AvgIpc) is 3.15. The lowest BCUT2D eigenvalue weighted by atomic mass is 10.0. The standard InChI is InChI=1S/C15H21NO3/c1-10(2)12-5-7-19-14(12)15(17)16-6-8-18-13(9-16)11-3-4-11/h5,7,10-11,13H,3-4,6,8-9H2,1-2H3. The molecule has 1 aromatic heterocycles. The first kappa shape index (κ1) is 12.7. The van der Waals surface area contributed by atoms with E-state index in [-0.39, 0.29) is 12.0 Å². The smallest absolute Gasteiger partial charge is 0.290 e. The van der Waals surface area contributed by atoms with E-state index in [1.165, 1.54) is 12.8 Å². The maximum Gasteiger partial charge on any atom is 0.290 e. The second kappa shape index (κ2) is 5.00. The minimum absolute atomic E-state index is 0.0163. The van der Waals surface area contributed by atoms with Crippen molar-refractivity contribution in [3.8, 4) is 0 Å². The van der Waals surface area contributed by atoms with Crippen molar-refractivity contribution in [2.45, 2.75) is 38.7 Å². The van der Waals surface area contributed by atoms with Crippen LogP contribution in [0.5, 0.6) is 0 Å². The molecular weight excluding hydrogens is 242 g/mol. The van der Waals surface area contributed by atoms with Crippen molar-refractivity contribution >= 4 is 5.91 Å². The lowest BCUT2D eigenvalue weighted by molar-refractivity contribution is -0.0322. The number of ether oxygens (including phenoxy) is 1. The number of carbonyl (C=O) groups is 1. The first-order valence-electron chi connectivity index (χ1n) is 7.15. The van der Waals surface area contributed by atoms with Gasteiger partial charge in [0.25, 0.3) is 5.91 Å². The molecule has 19 heavy (non-hydrogen) atoms. The van der Waals surface area contributed by atoms with Gasteiger partial charge in [-0.1, -0.05) is 13.8 Å². The lowest BCUT2D eigenvalue weighted by Crippen LogP contribution is -2.46. The number of rotatable bonds is 3. The van der Waals surface area contributed by atoms with E-state index in [0.717, 1.165) is 5.56 Å². The van der Waals surface area contributed by atoms with Gasteiger partial charge < -0.3 is 14.1 Å². The minimum Gasteiger partial charge on any atom is -0.459 e. The fourth-order valence-electron chi connectivity index (χ4n) is 2.70. The number of amides is 1. The third-order valence-electron chi connectivity index (χ3n) is 4.04. The number of furan rings is 1. The molecule has 1 aliphatic carbocycles. The van der Waals surface area contributed by atoms with E-state index in [2.05, 4.69) is 13.8 Å². The summed E-state index contributed by atoms with van der Waals surface area (Å²) in [5.41, 5.74) is 1.000. The van der Waals surface area contributed by atoms with E-state index in [4.69, 9.17) is 9.15 Å². The molecule has 1 saturated heterocycles. The fraction of sp³-hybridized carbons (Fsp3) is 0.667. The zero-order valence-corrected chi connectivity index (χ0v) is 11.6. The van der Waals surface area contributed by atoms with Gasteiger partial charge in [0.2, 0.25) is 0 Å². The molecule has 0 radical (unpaired) electrons. The highest BCUT2D eigenvalue weighted by atomic mass is 16.5. The molecule has 2 aliphatic rings. The van der Waals surface area contributed by atoms with Gasteiger partial charge in [-0.3, -0.25) is 4.79 Å². The summed E-state index contributed by atoms with van der Waals surface area (Å²) in [6, 6.07) is 1.90.